The lowest BCUT2D eigenvalue weighted by Crippen LogP contribution is -2.16. The van der Waals surface area contributed by atoms with E-state index >= 15 is 0 Å². The molecule has 1 rings (SSSR count). The van der Waals surface area contributed by atoms with Crippen LogP contribution in [0.25, 0.3) is 0 Å². The first-order valence-electron chi connectivity index (χ1n) is 4.91. The smallest absolute Gasteiger partial charge is 0.209 e. The first-order valence-corrected chi connectivity index (χ1v) is 8.54. The van der Waals surface area contributed by atoms with Crippen molar-refractivity contribution in [3.8, 4) is 0 Å². The Morgan fingerprint density at radius 1 is 1.24 bits per heavy atom. The number of primary sulfonamides is 1. The summed E-state index contributed by atoms with van der Waals surface area (Å²) in [6, 6.07) is 5.36. The monoisotopic (exact) mass is 313 g/mol. The molecule has 0 unspecified atom stereocenters. The Morgan fingerprint density at radius 3 is 2.35 bits per heavy atom. The average Bonchev–Trinajstić information content (AvgIpc) is 2.20. The number of nitrogens with two attached hydrogens (primary N) is 1. The minimum absolute atomic E-state index is 0.0102. The largest absolute Gasteiger partial charge is 0.229 e. The van der Waals surface area contributed by atoms with E-state index in [4.69, 9.17) is 28.3 Å². The zero-order chi connectivity index (χ0) is 12.9. The van der Waals surface area contributed by atoms with Crippen molar-refractivity contribution in [2.45, 2.75) is 12.2 Å². The highest BCUT2D eigenvalue weighted by Crippen LogP contribution is 2.28. The van der Waals surface area contributed by atoms with Gasteiger partial charge in [0.1, 0.15) is 0 Å². The highest BCUT2D eigenvalue weighted by molar-refractivity contribution is 7.98. The highest BCUT2D eigenvalue weighted by Gasteiger charge is 2.06. The van der Waals surface area contributed by atoms with E-state index in [-0.39, 0.29) is 5.75 Å². The first kappa shape index (κ1) is 15.1. The van der Waals surface area contributed by atoms with Crippen molar-refractivity contribution in [3.63, 3.8) is 0 Å². The topological polar surface area (TPSA) is 60.2 Å². The van der Waals surface area contributed by atoms with Gasteiger partial charge in [0, 0.05) is 15.8 Å². The van der Waals surface area contributed by atoms with E-state index in [0.29, 0.717) is 28.0 Å². The lowest BCUT2D eigenvalue weighted by molar-refractivity contribution is 0.596. The molecule has 0 saturated heterocycles. The van der Waals surface area contributed by atoms with Gasteiger partial charge in [0.05, 0.1) is 5.75 Å². The first-order chi connectivity index (χ1) is 7.90. The number of hydrogen-bond acceptors (Lipinski definition) is 3. The maximum Gasteiger partial charge on any atom is 0.209 e. The molecule has 0 spiro atoms. The van der Waals surface area contributed by atoms with Crippen molar-refractivity contribution < 1.29 is 8.42 Å². The summed E-state index contributed by atoms with van der Waals surface area (Å²) in [5, 5.41) is 6.17. The van der Waals surface area contributed by atoms with Gasteiger partial charge in [-0.2, -0.15) is 11.8 Å². The van der Waals surface area contributed by atoms with Gasteiger partial charge >= 0.3 is 0 Å². The molecule has 0 aliphatic carbocycles. The van der Waals surface area contributed by atoms with E-state index in [2.05, 4.69) is 0 Å². The second-order valence-corrected chi connectivity index (χ2v) is 7.13. The number of rotatable bonds is 6. The maximum absolute atomic E-state index is 10.7. The third-order valence-corrected chi connectivity index (χ3v) is 4.66. The molecule has 1 aromatic carbocycles. The summed E-state index contributed by atoms with van der Waals surface area (Å²) in [4.78, 5) is 0. The lowest BCUT2D eigenvalue weighted by atomic mass is 10.2. The average molecular weight is 314 g/mol. The van der Waals surface area contributed by atoms with Crippen LogP contribution in [0.3, 0.4) is 0 Å². The van der Waals surface area contributed by atoms with Crippen LogP contribution in [0, 0.1) is 0 Å². The molecule has 0 amide bonds. The maximum atomic E-state index is 10.7. The summed E-state index contributed by atoms with van der Waals surface area (Å²) in [7, 11) is -3.35. The summed E-state index contributed by atoms with van der Waals surface area (Å²) in [6.07, 6.45) is 0.533. The van der Waals surface area contributed by atoms with Crippen LogP contribution in [-0.2, 0) is 15.8 Å². The van der Waals surface area contributed by atoms with E-state index in [1.54, 1.807) is 30.0 Å². The predicted molar refractivity (Wildman–Crippen MR) is 75.2 cm³/mol. The fourth-order valence-corrected chi connectivity index (χ4v) is 3.63. The molecule has 3 nitrogen and oxygen atoms in total. The van der Waals surface area contributed by atoms with Gasteiger partial charge in [-0.15, -0.1) is 0 Å². The van der Waals surface area contributed by atoms with Crippen molar-refractivity contribution in [2.24, 2.45) is 5.14 Å². The molecular weight excluding hydrogens is 301 g/mol. The quantitative estimate of drug-likeness (QED) is 0.821. The van der Waals surface area contributed by atoms with Crippen molar-refractivity contribution in [3.05, 3.63) is 33.8 Å². The second-order valence-electron chi connectivity index (χ2n) is 3.47. The fraction of sp³-hybridized carbons (Fsp3) is 0.400. The molecular formula is C10H13Cl2NO2S2. The number of hydrogen-bond donors (Lipinski definition) is 1. The van der Waals surface area contributed by atoms with E-state index in [1.807, 2.05) is 0 Å². The van der Waals surface area contributed by atoms with Gasteiger partial charge in [-0.05, 0) is 29.9 Å². The predicted octanol–water partition coefficient (Wildman–Crippen LogP) is 2.91. The highest BCUT2D eigenvalue weighted by atomic mass is 35.5. The molecule has 0 aliphatic rings. The third-order valence-electron chi connectivity index (χ3n) is 2.03. The Balaban J connectivity index is 2.37. The Morgan fingerprint density at radius 2 is 1.82 bits per heavy atom. The molecule has 7 heteroatoms. The molecule has 1 aromatic rings. The molecule has 0 saturated carbocycles. The summed E-state index contributed by atoms with van der Waals surface area (Å²) in [6.45, 7) is 0. The summed E-state index contributed by atoms with van der Waals surface area (Å²) < 4.78 is 21.4. The molecule has 0 bridgehead atoms. The van der Waals surface area contributed by atoms with E-state index < -0.39 is 10.0 Å². The van der Waals surface area contributed by atoms with Crippen LogP contribution in [0.15, 0.2) is 18.2 Å². The van der Waals surface area contributed by atoms with Crippen molar-refractivity contribution >= 4 is 45.0 Å². The van der Waals surface area contributed by atoms with E-state index in [1.165, 1.54) is 0 Å². The minimum Gasteiger partial charge on any atom is -0.229 e. The van der Waals surface area contributed by atoms with E-state index in [9.17, 15) is 8.42 Å². The molecule has 0 aliphatic heterocycles. The summed E-state index contributed by atoms with van der Waals surface area (Å²) in [5.74, 6) is 1.39. The zero-order valence-electron chi connectivity index (χ0n) is 9.03. The third kappa shape index (κ3) is 5.97. The van der Waals surface area contributed by atoms with Gasteiger partial charge in [0.15, 0.2) is 0 Å². The molecule has 0 atom stereocenters. The van der Waals surface area contributed by atoms with Gasteiger partial charge in [-0.1, -0.05) is 29.3 Å². The van der Waals surface area contributed by atoms with Crippen LogP contribution in [0.5, 0.6) is 0 Å². The molecule has 0 radical (unpaired) electrons. The van der Waals surface area contributed by atoms with Gasteiger partial charge in [-0.25, -0.2) is 13.6 Å². The summed E-state index contributed by atoms with van der Waals surface area (Å²) >= 11 is 13.6. The Labute approximate surface area is 116 Å². The van der Waals surface area contributed by atoms with Gasteiger partial charge in [0.25, 0.3) is 0 Å². The van der Waals surface area contributed by atoms with Crippen LogP contribution in [0.2, 0.25) is 10.0 Å². The second kappa shape index (κ2) is 6.85. The number of sulfonamides is 1. The molecule has 2 N–H and O–H groups in total. The minimum atomic E-state index is -3.35. The number of thioether (sulfide) groups is 1. The standard InChI is InChI=1S/C10H13Cl2NO2S2/c11-9-3-1-4-10(12)8(9)7-16-5-2-6-17(13,14)15/h1,3-4H,2,5-7H2,(H2,13,14,15). The van der Waals surface area contributed by atoms with Gasteiger partial charge < -0.3 is 0 Å². The van der Waals surface area contributed by atoms with Crippen LogP contribution in [-0.4, -0.2) is 19.9 Å². The van der Waals surface area contributed by atoms with Crippen molar-refractivity contribution in [1.29, 1.82) is 0 Å². The normalized spacial score (nSPS) is 11.7. The fourth-order valence-electron chi connectivity index (χ4n) is 1.21. The molecule has 96 valence electrons. The SMILES string of the molecule is NS(=O)(=O)CCCSCc1c(Cl)cccc1Cl. The van der Waals surface area contributed by atoms with Crippen molar-refractivity contribution in [1.82, 2.24) is 0 Å². The Kier molecular flexibility index (Phi) is 6.09. The number of halogens is 2. The molecule has 17 heavy (non-hydrogen) atoms. The lowest BCUT2D eigenvalue weighted by Gasteiger charge is -2.06. The zero-order valence-corrected chi connectivity index (χ0v) is 12.2. The van der Waals surface area contributed by atoms with Crippen LogP contribution in [0.4, 0.5) is 0 Å². The van der Waals surface area contributed by atoms with Gasteiger partial charge in [0.2, 0.25) is 10.0 Å². The summed E-state index contributed by atoms with van der Waals surface area (Å²) in [5.41, 5.74) is 0.886. The Hall–Kier alpha value is 0.0600. The van der Waals surface area contributed by atoms with Gasteiger partial charge in [-0.3, -0.25) is 0 Å². The molecule has 0 heterocycles. The number of benzene rings is 1. The van der Waals surface area contributed by atoms with E-state index in [0.717, 1.165) is 5.56 Å². The van der Waals surface area contributed by atoms with Crippen LogP contribution in [0.1, 0.15) is 12.0 Å². The van der Waals surface area contributed by atoms with Crippen LogP contribution < -0.4 is 5.14 Å². The van der Waals surface area contributed by atoms with Crippen LogP contribution >= 0.6 is 35.0 Å². The van der Waals surface area contributed by atoms with Crippen molar-refractivity contribution in [2.75, 3.05) is 11.5 Å². The molecule has 0 fully saturated rings. The Bertz CT molecular complexity index is 457. The molecule has 0 aromatic heterocycles.